The molecule has 0 saturated heterocycles. The molecule has 0 radical (unpaired) electrons. The molecule has 0 spiro atoms. The number of ether oxygens (including phenoxy) is 1. The standard InChI is InChI=1S/C29H30OS/c1-23(10-6-5-7-16-29(2,3)4)18-24-11-8-12-25(19-24)21-30-28-14-9-13-26(20-28)27-15-17-31-22-27/h5-6,8-9,11-15,17-20,22H,10,21H2,1-4H3/b6-5+,23-18-. The highest BCUT2D eigenvalue weighted by atomic mass is 32.1. The van der Waals surface area contributed by atoms with Gasteiger partial charge in [-0.1, -0.05) is 59.9 Å². The SMILES string of the molecule is C/C(=C/c1cccc(COc2cccc(-c3ccsc3)c2)c1)C/C=C/C#CC(C)(C)C. The molecular formula is C29H30OS. The van der Waals surface area contributed by atoms with E-state index in [1.165, 1.54) is 22.3 Å². The van der Waals surface area contributed by atoms with Crippen molar-refractivity contribution in [3.63, 3.8) is 0 Å². The second-order valence-corrected chi connectivity index (χ2v) is 9.47. The minimum Gasteiger partial charge on any atom is -0.489 e. The van der Waals surface area contributed by atoms with Gasteiger partial charge in [-0.2, -0.15) is 11.3 Å². The lowest BCUT2D eigenvalue weighted by Gasteiger charge is -2.09. The highest BCUT2D eigenvalue weighted by Crippen LogP contribution is 2.26. The van der Waals surface area contributed by atoms with Gasteiger partial charge in [-0.05, 0) is 97.5 Å². The van der Waals surface area contributed by atoms with Crippen LogP contribution in [0.25, 0.3) is 17.2 Å². The number of benzene rings is 2. The third-order valence-electron chi connectivity index (χ3n) is 4.55. The fourth-order valence-corrected chi connectivity index (χ4v) is 3.70. The Morgan fingerprint density at radius 3 is 2.65 bits per heavy atom. The molecule has 0 aliphatic rings. The minimum absolute atomic E-state index is 0.0446. The van der Waals surface area contributed by atoms with Gasteiger partial charge in [0.15, 0.2) is 0 Å². The number of hydrogen-bond acceptors (Lipinski definition) is 2. The van der Waals surface area contributed by atoms with Crippen molar-refractivity contribution in [3.8, 4) is 28.7 Å². The van der Waals surface area contributed by atoms with E-state index in [2.05, 4.69) is 105 Å². The van der Waals surface area contributed by atoms with Gasteiger partial charge in [0.2, 0.25) is 0 Å². The summed E-state index contributed by atoms with van der Waals surface area (Å²) >= 11 is 1.71. The Morgan fingerprint density at radius 2 is 1.87 bits per heavy atom. The molecule has 1 nitrogen and oxygen atoms in total. The van der Waals surface area contributed by atoms with Crippen LogP contribution < -0.4 is 4.74 Å². The average molecular weight is 427 g/mol. The van der Waals surface area contributed by atoms with E-state index in [1.54, 1.807) is 11.3 Å². The molecule has 1 aromatic heterocycles. The van der Waals surface area contributed by atoms with Gasteiger partial charge in [0.05, 0.1) is 0 Å². The zero-order valence-electron chi connectivity index (χ0n) is 18.8. The predicted octanol–water partition coefficient (Wildman–Crippen LogP) is 8.39. The maximum atomic E-state index is 6.07. The molecule has 158 valence electrons. The predicted molar refractivity (Wildman–Crippen MR) is 135 cm³/mol. The number of thiophene rings is 1. The van der Waals surface area contributed by atoms with Crippen LogP contribution >= 0.6 is 11.3 Å². The van der Waals surface area contributed by atoms with Crippen LogP contribution in [0.2, 0.25) is 0 Å². The molecule has 3 aromatic rings. The van der Waals surface area contributed by atoms with E-state index in [0.29, 0.717) is 6.61 Å². The molecule has 0 bridgehead atoms. The van der Waals surface area contributed by atoms with Crippen LogP contribution in [0.1, 0.15) is 45.2 Å². The van der Waals surface area contributed by atoms with Crippen LogP contribution in [-0.2, 0) is 6.61 Å². The van der Waals surface area contributed by atoms with Crippen molar-refractivity contribution in [1.29, 1.82) is 0 Å². The maximum Gasteiger partial charge on any atom is 0.120 e. The van der Waals surface area contributed by atoms with Crippen molar-refractivity contribution >= 4 is 17.4 Å². The molecule has 0 atom stereocenters. The Morgan fingerprint density at radius 1 is 1.03 bits per heavy atom. The van der Waals surface area contributed by atoms with Crippen LogP contribution in [0.15, 0.2) is 83.1 Å². The minimum atomic E-state index is 0.0446. The lowest BCUT2D eigenvalue weighted by atomic mass is 9.98. The van der Waals surface area contributed by atoms with Gasteiger partial charge >= 0.3 is 0 Å². The molecule has 0 fully saturated rings. The Kier molecular flexibility index (Phi) is 7.93. The first kappa shape index (κ1) is 22.7. The van der Waals surface area contributed by atoms with Gasteiger partial charge in [0.1, 0.15) is 12.4 Å². The summed E-state index contributed by atoms with van der Waals surface area (Å²) in [6.45, 7) is 9.07. The normalized spacial score (nSPS) is 11.9. The van der Waals surface area contributed by atoms with E-state index in [0.717, 1.165) is 17.7 Å². The van der Waals surface area contributed by atoms with Gasteiger partial charge in [0.25, 0.3) is 0 Å². The van der Waals surface area contributed by atoms with Crippen molar-refractivity contribution < 1.29 is 4.74 Å². The smallest absolute Gasteiger partial charge is 0.120 e. The lowest BCUT2D eigenvalue weighted by molar-refractivity contribution is 0.306. The zero-order valence-corrected chi connectivity index (χ0v) is 19.6. The Labute approximate surface area is 191 Å². The summed E-state index contributed by atoms with van der Waals surface area (Å²) in [6.07, 6.45) is 7.20. The highest BCUT2D eigenvalue weighted by Gasteiger charge is 2.03. The number of rotatable bonds is 7. The molecule has 0 unspecified atom stereocenters. The van der Waals surface area contributed by atoms with Crippen molar-refractivity contribution in [3.05, 3.63) is 94.2 Å². The molecule has 0 saturated carbocycles. The van der Waals surface area contributed by atoms with Gasteiger partial charge in [-0.3, -0.25) is 0 Å². The molecule has 2 heteroatoms. The monoisotopic (exact) mass is 426 g/mol. The molecule has 3 rings (SSSR count). The Hall–Kier alpha value is -3.02. The second-order valence-electron chi connectivity index (χ2n) is 8.69. The van der Waals surface area contributed by atoms with E-state index >= 15 is 0 Å². The summed E-state index contributed by atoms with van der Waals surface area (Å²) in [5.74, 6) is 7.24. The van der Waals surface area contributed by atoms with E-state index < -0.39 is 0 Å². The molecule has 1 heterocycles. The Balaban J connectivity index is 1.59. The molecule has 31 heavy (non-hydrogen) atoms. The van der Waals surface area contributed by atoms with E-state index in [9.17, 15) is 0 Å². The summed E-state index contributed by atoms with van der Waals surface area (Å²) in [4.78, 5) is 0. The summed E-state index contributed by atoms with van der Waals surface area (Å²) in [6, 6.07) is 18.9. The largest absolute Gasteiger partial charge is 0.489 e. The first-order valence-corrected chi connectivity index (χ1v) is 11.5. The van der Waals surface area contributed by atoms with Crippen LogP contribution in [0.5, 0.6) is 5.75 Å². The van der Waals surface area contributed by atoms with Crippen molar-refractivity contribution in [2.75, 3.05) is 0 Å². The van der Waals surface area contributed by atoms with Crippen molar-refractivity contribution in [2.24, 2.45) is 5.41 Å². The summed E-state index contributed by atoms with van der Waals surface area (Å²) in [5.41, 5.74) is 6.12. The van der Waals surface area contributed by atoms with Crippen molar-refractivity contribution in [2.45, 2.75) is 40.7 Å². The van der Waals surface area contributed by atoms with Gasteiger partial charge < -0.3 is 4.74 Å². The fourth-order valence-electron chi connectivity index (χ4n) is 3.04. The lowest BCUT2D eigenvalue weighted by Crippen LogP contribution is -1.98. The zero-order chi connectivity index (χ0) is 22.1. The topological polar surface area (TPSA) is 9.23 Å². The van der Waals surface area contributed by atoms with E-state index in [4.69, 9.17) is 4.74 Å². The van der Waals surface area contributed by atoms with Crippen LogP contribution in [0.3, 0.4) is 0 Å². The van der Waals surface area contributed by atoms with E-state index in [-0.39, 0.29) is 5.41 Å². The quantitative estimate of drug-likeness (QED) is 0.345. The van der Waals surface area contributed by atoms with Crippen molar-refractivity contribution in [1.82, 2.24) is 0 Å². The third-order valence-corrected chi connectivity index (χ3v) is 5.23. The van der Waals surface area contributed by atoms with Gasteiger partial charge in [-0.25, -0.2) is 0 Å². The summed E-state index contributed by atoms with van der Waals surface area (Å²) in [5, 5.41) is 4.25. The average Bonchev–Trinajstić information content (AvgIpc) is 3.27. The summed E-state index contributed by atoms with van der Waals surface area (Å²) in [7, 11) is 0. The fraction of sp³-hybridized carbons (Fsp3) is 0.241. The second kappa shape index (κ2) is 10.8. The van der Waals surface area contributed by atoms with Gasteiger partial charge in [-0.15, -0.1) is 0 Å². The van der Waals surface area contributed by atoms with Crippen LogP contribution in [0, 0.1) is 17.3 Å². The first-order chi connectivity index (χ1) is 14.9. The maximum absolute atomic E-state index is 6.07. The number of allylic oxidation sites excluding steroid dienone is 3. The highest BCUT2D eigenvalue weighted by molar-refractivity contribution is 7.08. The third kappa shape index (κ3) is 7.96. The molecule has 0 aliphatic carbocycles. The number of hydrogen-bond donors (Lipinski definition) is 0. The Bertz CT molecular complexity index is 1100. The summed E-state index contributed by atoms with van der Waals surface area (Å²) < 4.78 is 6.07. The first-order valence-electron chi connectivity index (χ1n) is 10.6. The molecule has 0 N–H and O–H groups in total. The molecule has 2 aromatic carbocycles. The molecule has 0 aliphatic heterocycles. The van der Waals surface area contributed by atoms with Crippen LogP contribution in [-0.4, -0.2) is 0 Å². The van der Waals surface area contributed by atoms with Crippen LogP contribution in [0.4, 0.5) is 0 Å². The van der Waals surface area contributed by atoms with Gasteiger partial charge in [0, 0.05) is 5.41 Å². The molecule has 0 amide bonds. The molecular weight excluding hydrogens is 396 g/mol. The van der Waals surface area contributed by atoms with E-state index in [1.807, 2.05) is 18.2 Å².